The van der Waals surface area contributed by atoms with Crippen LogP contribution < -0.4 is 0 Å². The molecule has 0 aliphatic heterocycles. The van der Waals surface area contributed by atoms with E-state index >= 15 is 0 Å². The highest BCUT2D eigenvalue weighted by Gasteiger charge is 2.58. The Hall–Kier alpha value is -0.300. The van der Waals surface area contributed by atoms with Gasteiger partial charge in [0.05, 0.1) is 6.10 Å². The standard InChI is InChI=1S/C27H46O/c1-18(2)7-6-8-19(3)22-14-16-27(5)23(22)11-12-24-25(27)10-9-20-17-21(28)13-15-26(20,24)4/h10,18-24,28H,6-9,11-17H2,1-5H3/t19-,20+,21+,22-,23-,24-,26+,27+/m1/s1. The van der Waals surface area contributed by atoms with Gasteiger partial charge in [-0.05, 0) is 97.7 Å². The first kappa shape index (κ1) is 21.0. The van der Waals surface area contributed by atoms with Crippen molar-refractivity contribution in [1.82, 2.24) is 0 Å². The number of allylic oxidation sites excluding steroid dienone is 2. The van der Waals surface area contributed by atoms with Gasteiger partial charge in [0.1, 0.15) is 0 Å². The second-order valence-electron chi connectivity index (χ2n) is 12.2. The van der Waals surface area contributed by atoms with E-state index in [2.05, 4.69) is 40.7 Å². The number of aliphatic hydroxyl groups is 1. The minimum absolute atomic E-state index is 0.0394. The lowest BCUT2D eigenvalue weighted by Crippen LogP contribution is -2.50. The lowest BCUT2D eigenvalue weighted by Gasteiger charge is -2.58. The molecular weight excluding hydrogens is 340 g/mol. The summed E-state index contributed by atoms with van der Waals surface area (Å²) < 4.78 is 0. The van der Waals surface area contributed by atoms with Crippen LogP contribution in [0.5, 0.6) is 0 Å². The maximum atomic E-state index is 10.2. The van der Waals surface area contributed by atoms with E-state index in [1.165, 1.54) is 57.8 Å². The van der Waals surface area contributed by atoms with Gasteiger partial charge in [0.25, 0.3) is 0 Å². The van der Waals surface area contributed by atoms with Gasteiger partial charge in [0.2, 0.25) is 0 Å². The van der Waals surface area contributed by atoms with Gasteiger partial charge in [-0.1, -0.05) is 65.5 Å². The van der Waals surface area contributed by atoms with Crippen LogP contribution in [0, 0.1) is 46.3 Å². The fourth-order valence-electron chi connectivity index (χ4n) is 8.41. The van der Waals surface area contributed by atoms with Crippen LogP contribution in [0.1, 0.15) is 105 Å². The van der Waals surface area contributed by atoms with Crippen molar-refractivity contribution in [1.29, 1.82) is 0 Å². The first-order valence-electron chi connectivity index (χ1n) is 12.6. The molecule has 3 fully saturated rings. The van der Waals surface area contributed by atoms with Crippen LogP contribution in [0.4, 0.5) is 0 Å². The molecule has 1 N–H and O–H groups in total. The lowest BCUT2D eigenvalue weighted by molar-refractivity contribution is -0.0401. The number of hydrogen-bond donors (Lipinski definition) is 1. The van der Waals surface area contributed by atoms with Crippen LogP contribution in [0.2, 0.25) is 0 Å². The van der Waals surface area contributed by atoms with E-state index in [-0.39, 0.29) is 6.10 Å². The highest BCUT2D eigenvalue weighted by Crippen LogP contribution is 2.67. The zero-order valence-electron chi connectivity index (χ0n) is 19.3. The topological polar surface area (TPSA) is 20.2 Å². The predicted molar refractivity (Wildman–Crippen MR) is 119 cm³/mol. The first-order chi connectivity index (χ1) is 13.3. The minimum Gasteiger partial charge on any atom is -0.393 e. The van der Waals surface area contributed by atoms with E-state index < -0.39 is 0 Å². The van der Waals surface area contributed by atoms with Crippen molar-refractivity contribution in [3.05, 3.63) is 11.6 Å². The maximum Gasteiger partial charge on any atom is 0.0543 e. The van der Waals surface area contributed by atoms with Crippen molar-refractivity contribution in [2.45, 2.75) is 111 Å². The fraction of sp³-hybridized carbons (Fsp3) is 0.926. The molecule has 0 heterocycles. The quantitative estimate of drug-likeness (QED) is 0.488. The molecular formula is C27H46O. The monoisotopic (exact) mass is 386 g/mol. The Morgan fingerprint density at radius 3 is 2.57 bits per heavy atom. The minimum atomic E-state index is -0.0394. The third-order valence-corrected chi connectivity index (χ3v) is 10.2. The zero-order valence-corrected chi connectivity index (χ0v) is 19.3. The van der Waals surface area contributed by atoms with Gasteiger partial charge in [-0.15, -0.1) is 0 Å². The molecule has 28 heavy (non-hydrogen) atoms. The van der Waals surface area contributed by atoms with E-state index in [1.807, 2.05) is 5.57 Å². The Morgan fingerprint density at radius 1 is 1.04 bits per heavy atom. The third-order valence-electron chi connectivity index (χ3n) is 10.2. The highest BCUT2D eigenvalue weighted by molar-refractivity contribution is 5.30. The molecule has 0 aromatic rings. The van der Waals surface area contributed by atoms with Crippen LogP contribution in [-0.2, 0) is 0 Å². The molecule has 0 radical (unpaired) electrons. The Labute approximate surface area is 174 Å². The normalized spacial score (nSPS) is 46.5. The van der Waals surface area contributed by atoms with Gasteiger partial charge in [-0.2, -0.15) is 0 Å². The molecule has 0 saturated heterocycles. The molecule has 0 amide bonds. The summed E-state index contributed by atoms with van der Waals surface area (Å²) >= 11 is 0. The van der Waals surface area contributed by atoms with Gasteiger partial charge < -0.3 is 5.11 Å². The van der Waals surface area contributed by atoms with Crippen molar-refractivity contribution < 1.29 is 5.11 Å². The van der Waals surface area contributed by atoms with Crippen molar-refractivity contribution in [3.8, 4) is 0 Å². The summed E-state index contributed by atoms with van der Waals surface area (Å²) in [6.07, 6.45) is 17.3. The molecule has 0 bridgehead atoms. The summed E-state index contributed by atoms with van der Waals surface area (Å²) in [6.45, 7) is 12.5. The third kappa shape index (κ3) is 3.42. The van der Waals surface area contributed by atoms with Gasteiger partial charge in [-0.3, -0.25) is 0 Å². The zero-order chi connectivity index (χ0) is 20.1. The maximum absolute atomic E-state index is 10.2. The average molecular weight is 387 g/mol. The molecule has 4 aliphatic carbocycles. The number of rotatable bonds is 5. The lowest BCUT2D eigenvalue weighted by atomic mass is 9.47. The molecule has 0 spiro atoms. The van der Waals surface area contributed by atoms with Gasteiger partial charge in [0.15, 0.2) is 0 Å². The van der Waals surface area contributed by atoms with Crippen LogP contribution in [0.3, 0.4) is 0 Å². The van der Waals surface area contributed by atoms with E-state index in [0.29, 0.717) is 10.8 Å². The summed E-state index contributed by atoms with van der Waals surface area (Å²) in [6, 6.07) is 0. The smallest absolute Gasteiger partial charge is 0.0543 e. The summed E-state index contributed by atoms with van der Waals surface area (Å²) in [4.78, 5) is 0. The number of aliphatic hydroxyl groups excluding tert-OH is 1. The Morgan fingerprint density at radius 2 is 1.82 bits per heavy atom. The molecule has 4 rings (SSSR count). The molecule has 8 atom stereocenters. The van der Waals surface area contributed by atoms with E-state index in [0.717, 1.165) is 48.3 Å². The van der Waals surface area contributed by atoms with Crippen LogP contribution >= 0.6 is 0 Å². The van der Waals surface area contributed by atoms with Crippen molar-refractivity contribution >= 4 is 0 Å². The molecule has 3 saturated carbocycles. The van der Waals surface area contributed by atoms with E-state index in [1.54, 1.807) is 0 Å². The van der Waals surface area contributed by atoms with Gasteiger partial charge >= 0.3 is 0 Å². The second-order valence-corrected chi connectivity index (χ2v) is 12.2. The Kier molecular flexibility index (Phi) is 5.80. The van der Waals surface area contributed by atoms with Crippen molar-refractivity contribution in [2.75, 3.05) is 0 Å². The SMILES string of the molecule is CC(C)CCC[C@@H](C)[C@H]1CC[C@]2(C)C3=CC[C@H]4C[C@@H](O)CC[C@]4(C)[C@@H]3CC[C@H]12. The highest BCUT2D eigenvalue weighted by atomic mass is 16.3. The van der Waals surface area contributed by atoms with Crippen LogP contribution in [0.25, 0.3) is 0 Å². The Balaban J connectivity index is 1.50. The first-order valence-corrected chi connectivity index (χ1v) is 12.6. The largest absolute Gasteiger partial charge is 0.393 e. The van der Waals surface area contributed by atoms with E-state index in [9.17, 15) is 5.11 Å². The van der Waals surface area contributed by atoms with Crippen molar-refractivity contribution in [3.63, 3.8) is 0 Å². The van der Waals surface area contributed by atoms with Crippen molar-refractivity contribution in [2.24, 2.45) is 46.3 Å². The van der Waals surface area contributed by atoms with E-state index in [4.69, 9.17) is 0 Å². The molecule has 4 aliphatic rings. The second kappa shape index (κ2) is 7.75. The number of hydrogen-bond acceptors (Lipinski definition) is 1. The van der Waals surface area contributed by atoms with Gasteiger partial charge in [0, 0.05) is 0 Å². The van der Waals surface area contributed by atoms with Crippen LogP contribution in [0.15, 0.2) is 11.6 Å². The molecule has 0 unspecified atom stereocenters. The molecule has 1 nitrogen and oxygen atoms in total. The Bertz CT molecular complexity index is 591. The summed E-state index contributed by atoms with van der Waals surface area (Å²) in [7, 11) is 0. The molecule has 160 valence electrons. The summed E-state index contributed by atoms with van der Waals surface area (Å²) in [5.74, 6) is 5.16. The molecule has 0 aromatic carbocycles. The molecule has 0 aromatic heterocycles. The van der Waals surface area contributed by atoms with Gasteiger partial charge in [-0.25, -0.2) is 0 Å². The predicted octanol–water partition coefficient (Wildman–Crippen LogP) is 7.39. The van der Waals surface area contributed by atoms with Crippen LogP contribution in [-0.4, -0.2) is 11.2 Å². The fourth-order valence-corrected chi connectivity index (χ4v) is 8.41. The summed E-state index contributed by atoms with van der Waals surface area (Å²) in [5, 5.41) is 10.2. The average Bonchev–Trinajstić information content (AvgIpc) is 2.99. The summed E-state index contributed by atoms with van der Waals surface area (Å²) in [5.41, 5.74) is 2.80. The molecule has 1 heteroatoms. The number of fused-ring (bicyclic) bond motifs is 5.